The zero-order valence-corrected chi connectivity index (χ0v) is 17.8. The zero-order chi connectivity index (χ0) is 20.6. The third-order valence-corrected chi connectivity index (χ3v) is 5.59. The molecule has 5 heteroatoms. The van der Waals surface area contributed by atoms with Gasteiger partial charge in [0.15, 0.2) is 11.5 Å². The van der Waals surface area contributed by atoms with Gasteiger partial charge in [0.25, 0.3) is 0 Å². The summed E-state index contributed by atoms with van der Waals surface area (Å²) in [6, 6.07) is 16.4. The molecule has 29 heavy (non-hydrogen) atoms. The summed E-state index contributed by atoms with van der Waals surface area (Å²) in [4.78, 5) is 16.8. The SMILES string of the molecule is COc1cc(CN(C)C(=O)CN2CCCC[C@H]2C)ccc1OCc1ccccc1. The zero-order valence-electron chi connectivity index (χ0n) is 17.8. The molecule has 156 valence electrons. The van der Waals surface area contributed by atoms with E-state index in [0.717, 1.165) is 17.7 Å². The van der Waals surface area contributed by atoms with Crippen LogP contribution in [0.1, 0.15) is 37.3 Å². The van der Waals surface area contributed by atoms with Crippen molar-refractivity contribution >= 4 is 5.91 Å². The first-order valence-electron chi connectivity index (χ1n) is 10.4. The van der Waals surface area contributed by atoms with Gasteiger partial charge < -0.3 is 14.4 Å². The molecule has 0 saturated carbocycles. The lowest BCUT2D eigenvalue weighted by Gasteiger charge is -2.33. The summed E-state index contributed by atoms with van der Waals surface area (Å²) in [5.74, 6) is 1.54. The molecule has 0 spiro atoms. The molecular weight excluding hydrogens is 364 g/mol. The van der Waals surface area contributed by atoms with Crippen LogP contribution in [0.2, 0.25) is 0 Å². The summed E-state index contributed by atoms with van der Waals surface area (Å²) >= 11 is 0. The average molecular weight is 397 g/mol. The Labute approximate surface area is 174 Å². The predicted molar refractivity (Wildman–Crippen MR) is 115 cm³/mol. The number of likely N-dealkylation sites (N-methyl/N-ethyl adjacent to an activating group) is 1. The summed E-state index contributed by atoms with van der Waals surface area (Å²) in [5, 5.41) is 0. The smallest absolute Gasteiger partial charge is 0.236 e. The molecule has 2 aromatic rings. The van der Waals surface area contributed by atoms with Crippen LogP contribution in [-0.2, 0) is 17.9 Å². The number of likely N-dealkylation sites (tertiary alicyclic amines) is 1. The molecule has 2 aromatic carbocycles. The van der Waals surface area contributed by atoms with Crippen LogP contribution in [0.15, 0.2) is 48.5 Å². The van der Waals surface area contributed by atoms with E-state index in [9.17, 15) is 4.79 Å². The Kier molecular flexibility index (Phi) is 7.53. The number of hydrogen-bond acceptors (Lipinski definition) is 4. The Morgan fingerprint density at radius 3 is 2.62 bits per heavy atom. The van der Waals surface area contributed by atoms with E-state index in [-0.39, 0.29) is 5.91 Å². The molecular formula is C24H32N2O3. The fraction of sp³-hybridized carbons (Fsp3) is 0.458. The van der Waals surface area contributed by atoms with Gasteiger partial charge in [-0.1, -0.05) is 42.8 Å². The quantitative estimate of drug-likeness (QED) is 0.674. The molecule has 5 nitrogen and oxygen atoms in total. The van der Waals surface area contributed by atoms with Gasteiger partial charge in [-0.3, -0.25) is 9.69 Å². The maximum Gasteiger partial charge on any atom is 0.236 e. The van der Waals surface area contributed by atoms with E-state index in [4.69, 9.17) is 9.47 Å². The van der Waals surface area contributed by atoms with E-state index in [1.807, 2.05) is 55.6 Å². The van der Waals surface area contributed by atoms with Gasteiger partial charge in [0, 0.05) is 19.6 Å². The van der Waals surface area contributed by atoms with Crippen molar-refractivity contribution in [3.63, 3.8) is 0 Å². The number of nitrogens with zero attached hydrogens (tertiary/aromatic N) is 2. The molecule has 3 rings (SSSR count). The number of hydrogen-bond donors (Lipinski definition) is 0. The van der Waals surface area contributed by atoms with Crippen LogP contribution in [0.3, 0.4) is 0 Å². The minimum atomic E-state index is 0.155. The van der Waals surface area contributed by atoms with Crippen molar-refractivity contribution in [3.05, 3.63) is 59.7 Å². The van der Waals surface area contributed by atoms with Crippen molar-refractivity contribution in [2.75, 3.05) is 27.2 Å². The summed E-state index contributed by atoms with van der Waals surface area (Å²) < 4.78 is 11.4. The minimum Gasteiger partial charge on any atom is -0.493 e. The fourth-order valence-electron chi connectivity index (χ4n) is 3.71. The van der Waals surface area contributed by atoms with Crippen LogP contribution in [0.5, 0.6) is 11.5 Å². The Morgan fingerprint density at radius 2 is 1.90 bits per heavy atom. The first kappa shape index (κ1) is 21.2. The third-order valence-electron chi connectivity index (χ3n) is 5.59. The van der Waals surface area contributed by atoms with Crippen molar-refractivity contribution in [1.29, 1.82) is 0 Å². The van der Waals surface area contributed by atoms with Gasteiger partial charge in [0.05, 0.1) is 13.7 Å². The molecule has 1 atom stereocenters. The fourth-order valence-corrected chi connectivity index (χ4v) is 3.71. The summed E-state index contributed by atoms with van der Waals surface area (Å²) in [6.45, 7) is 4.76. The molecule has 1 heterocycles. The molecule has 0 bridgehead atoms. The van der Waals surface area contributed by atoms with Crippen LogP contribution < -0.4 is 9.47 Å². The summed E-state index contributed by atoms with van der Waals surface area (Å²) in [7, 11) is 3.50. The van der Waals surface area contributed by atoms with Crippen molar-refractivity contribution in [2.45, 2.75) is 45.4 Å². The summed E-state index contributed by atoms with van der Waals surface area (Å²) in [6.07, 6.45) is 3.63. The number of methoxy groups -OCH3 is 1. The highest BCUT2D eigenvalue weighted by Gasteiger charge is 2.22. The summed E-state index contributed by atoms with van der Waals surface area (Å²) in [5.41, 5.74) is 2.13. The molecule has 0 aromatic heterocycles. The van der Waals surface area contributed by atoms with E-state index in [1.54, 1.807) is 12.0 Å². The number of rotatable bonds is 8. The van der Waals surface area contributed by atoms with Crippen molar-refractivity contribution < 1.29 is 14.3 Å². The number of carbonyl (C=O) groups is 1. The van der Waals surface area contributed by atoms with Crippen molar-refractivity contribution in [3.8, 4) is 11.5 Å². The number of benzene rings is 2. The van der Waals surface area contributed by atoms with Gasteiger partial charge >= 0.3 is 0 Å². The lowest BCUT2D eigenvalue weighted by Crippen LogP contribution is -2.44. The molecule has 0 unspecified atom stereocenters. The van der Waals surface area contributed by atoms with Gasteiger partial charge in [-0.15, -0.1) is 0 Å². The monoisotopic (exact) mass is 396 g/mol. The average Bonchev–Trinajstić information content (AvgIpc) is 2.75. The van der Waals surface area contributed by atoms with E-state index in [2.05, 4.69) is 11.8 Å². The normalized spacial score (nSPS) is 17.0. The van der Waals surface area contributed by atoms with Crippen LogP contribution in [0.25, 0.3) is 0 Å². The molecule has 1 aliphatic rings. The Bertz CT molecular complexity index is 794. The predicted octanol–water partition coefficient (Wildman–Crippen LogP) is 4.11. The lowest BCUT2D eigenvalue weighted by molar-refractivity contribution is -0.132. The molecule has 0 radical (unpaired) electrons. The third kappa shape index (κ3) is 5.97. The van der Waals surface area contributed by atoms with Gasteiger partial charge in [0.1, 0.15) is 6.61 Å². The Morgan fingerprint density at radius 1 is 1.10 bits per heavy atom. The first-order valence-corrected chi connectivity index (χ1v) is 10.4. The minimum absolute atomic E-state index is 0.155. The number of ether oxygens (including phenoxy) is 2. The van der Waals surface area contributed by atoms with E-state index < -0.39 is 0 Å². The molecule has 1 fully saturated rings. The molecule has 0 aliphatic carbocycles. The van der Waals surface area contributed by atoms with Crippen molar-refractivity contribution in [2.24, 2.45) is 0 Å². The van der Waals surface area contributed by atoms with Crippen LogP contribution >= 0.6 is 0 Å². The molecule has 0 N–H and O–H groups in total. The topological polar surface area (TPSA) is 42.0 Å². The van der Waals surface area contributed by atoms with Gasteiger partial charge in [0.2, 0.25) is 5.91 Å². The molecule has 1 aliphatic heterocycles. The number of carbonyl (C=O) groups excluding carboxylic acids is 1. The second-order valence-corrected chi connectivity index (χ2v) is 7.82. The van der Waals surface area contributed by atoms with Crippen LogP contribution in [0, 0.1) is 0 Å². The number of piperidine rings is 1. The van der Waals surface area contributed by atoms with Crippen LogP contribution in [-0.4, -0.2) is 49.0 Å². The Hall–Kier alpha value is -2.53. The largest absolute Gasteiger partial charge is 0.493 e. The second kappa shape index (κ2) is 10.3. The highest BCUT2D eigenvalue weighted by molar-refractivity contribution is 5.78. The highest BCUT2D eigenvalue weighted by Crippen LogP contribution is 2.29. The standard InChI is InChI=1S/C24H32N2O3/c1-19-9-7-8-14-26(19)17-24(27)25(2)16-21-12-13-22(23(15-21)28-3)29-18-20-10-5-4-6-11-20/h4-6,10-13,15,19H,7-9,14,16-18H2,1-3H3/t19-/m1/s1. The Balaban J connectivity index is 1.57. The van der Waals surface area contributed by atoms with Crippen LogP contribution in [0.4, 0.5) is 0 Å². The first-order chi connectivity index (χ1) is 14.1. The van der Waals surface area contributed by atoms with E-state index in [1.165, 1.54) is 19.3 Å². The number of amides is 1. The van der Waals surface area contributed by atoms with Gasteiger partial charge in [-0.05, 0) is 49.6 Å². The lowest BCUT2D eigenvalue weighted by atomic mass is 10.0. The molecule has 1 amide bonds. The highest BCUT2D eigenvalue weighted by atomic mass is 16.5. The maximum atomic E-state index is 12.7. The van der Waals surface area contributed by atoms with Crippen molar-refractivity contribution in [1.82, 2.24) is 9.80 Å². The van der Waals surface area contributed by atoms with Gasteiger partial charge in [-0.2, -0.15) is 0 Å². The van der Waals surface area contributed by atoms with Gasteiger partial charge in [-0.25, -0.2) is 0 Å². The van der Waals surface area contributed by atoms with E-state index >= 15 is 0 Å². The van der Waals surface area contributed by atoms with E-state index in [0.29, 0.717) is 37.2 Å². The maximum absolute atomic E-state index is 12.7. The molecule has 1 saturated heterocycles. The second-order valence-electron chi connectivity index (χ2n) is 7.82.